The van der Waals surface area contributed by atoms with Crippen molar-refractivity contribution in [3.8, 4) is 17.0 Å². The molecule has 1 aromatic heterocycles. The van der Waals surface area contributed by atoms with Gasteiger partial charge in [0.05, 0.1) is 18.4 Å². The van der Waals surface area contributed by atoms with Crippen LogP contribution in [0.25, 0.3) is 11.3 Å². The first-order chi connectivity index (χ1) is 8.58. The van der Waals surface area contributed by atoms with E-state index >= 15 is 0 Å². The topological polar surface area (TPSA) is 73.0 Å². The van der Waals surface area contributed by atoms with Crippen molar-refractivity contribution in [1.82, 2.24) is 9.78 Å². The van der Waals surface area contributed by atoms with Gasteiger partial charge in [0.1, 0.15) is 11.6 Å². The molecule has 6 heteroatoms. The summed E-state index contributed by atoms with van der Waals surface area (Å²) in [5, 5.41) is 2.86. The lowest BCUT2D eigenvalue weighted by Crippen LogP contribution is -2.17. The van der Waals surface area contributed by atoms with Gasteiger partial charge in [0.2, 0.25) is 0 Å². The number of rotatable bonds is 3. The molecule has 0 radical (unpaired) electrons. The van der Waals surface area contributed by atoms with Crippen molar-refractivity contribution >= 4 is 0 Å². The molecule has 0 bridgehead atoms. The Morgan fingerprint density at radius 2 is 2.22 bits per heavy atom. The molecule has 5 nitrogen and oxygen atoms in total. The minimum absolute atomic E-state index is 0.0746. The van der Waals surface area contributed by atoms with Crippen LogP contribution in [0.15, 0.2) is 23.0 Å². The molecule has 2 aromatic rings. The van der Waals surface area contributed by atoms with Crippen LogP contribution < -0.4 is 16.0 Å². The third-order valence-corrected chi connectivity index (χ3v) is 2.78. The van der Waals surface area contributed by atoms with Crippen molar-refractivity contribution in [3.05, 3.63) is 39.9 Å². The Labute approximate surface area is 103 Å². The quantitative estimate of drug-likeness (QED) is 0.854. The smallest absolute Gasteiger partial charge is 0.271 e. The number of benzene rings is 1. The zero-order chi connectivity index (χ0) is 13.3. The number of aryl methyl sites for hydroxylation is 1. The minimum atomic E-state index is -0.404. The normalized spacial score (nSPS) is 10.7. The van der Waals surface area contributed by atoms with Gasteiger partial charge in [-0.05, 0) is 18.2 Å². The summed E-state index contributed by atoms with van der Waals surface area (Å²) in [6, 6.07) is 4.12. The summed E-state index contributed by atoms with van der Waals surface area (Å²) in [6.07, 6.45) is 0. The molecule has 0 amide bonds. The fraction of sp³-hybridized carbons (Fsp3) is 0.250. The van der Waals surface area contributed by atoms with Crippen LogP contribution in [0.5, 0.6) is 5.75 Å². The van der Waals surface area contributed by atoms with Crippen LogP contribution in [0.1, 0.15) is 5.56 Å². The zero-order valence-corrected chi connectivity index (χ0v) is 10.2. The molecular formula is C12H14FN3O2. The molecule has 1 aromatic carbocycles. The highest BCUT2D eigenvalue weighted by atomic mass is 19.1. The number of aromatic amines is 1. The first kappa shape index (κ1) is 12.4. The van der Waals surface area contributed by atoms with Gasteiger partial charge in [0.25, 0.3) is 5.56 Å². The van der Waals surface area contributed by atoms with Gasteiger partial charge < -0.3 is 10.5 Å². The predicted octanol–water partition coefficient (Wildman–Crippen LogP) is 0.987. The largest absolute Gasteiger partial charge is 0.496 e. The van der Waals surface area contributed by atoms with Crippen molar-refractivity contribution < 1.29 is 9.13 Å². The van der Waals surface area contributed by atoms with Gasteiger partial charge in [-0.15, -0.1) is 0 Å². The Hall–Kier alpha value is -2.08. The molecule has 0 aliphatic rings. The van der Waals surface area contributed by atoms with Crippen LogP contribution >= 0.6 is 0 Å². The van der Waals surface area contributed by atoms with Gasteiger partial charge in [-0.1, -0.05) is 0 Å². The van der Waals surface area contributed by atoms with E-state index in [2.05, 4.69) is 5.10 Å². The number of nitrogens with one attached hydrogen (secondary N) is 1. The van der Waals surface area contributed by atoms with Crippen LogP contribution in [0.3, 0.4) is 0 Å². The summed E-state index contributed by atoms with van der Waals surface area (Å²) in [6.45, 7) is 0.0746. The van der Waals surface area contributed by atoms with Gasteiger partial charge in [-0.25, -0.2) is 4.39 Å². The number of H-pyrrole nitrogens is 1. The second kappa shape index (κ2) is 4.66. The van der Waals surface area contributed by atoms with Crippen LogP contribution in [-0.4, -0.2) is 16.9 Å². The summed E-state index contributed by atoms with van der Waals surface area (Å²) < 4.78 is 19.8. The summed E-state index contributed by atoms with van der Waals surface area (Å²) in [5.74, 6) is 0.0754. The fourth-order valence-corrected chi connectivity index (χ4v) is 1.88. The maximum Gasteiger partial charge on any atom is 0.271 e. The summed E-state index contributed by atoms with van der Waals surface area (Å²) in [4.78, 5) is 11.8. The van der Waals surface area contributed by atoms with Crippen molar-refractivity contribution in [2.75, 3.05) is 7.11 Å². The van der Waals surface area contributed by atoms with E-state index in [1.807, 2.05) is 0 Å². The average molecular weight is 251 g/mol. The minimum Gasteiger partial charge on any atom is -0.496 e. The average Bonchev–Trinajstić information content (AvgIpc) is 2.65. The third-order valence-electron chi connectivity index (χ3n) is 2.78. The fourth-order valence-electron chi connectivity index (χ4n) is 1.88. The zero-order valence-electron chi connectivity index (χ0n) is 10.2. The van der Waals surface area contributed by atoms with E-state index in [-0.39, 0.29) is 12.1 Å². The van der Waals surface area contributed by atoms with E-state index in [0.29, 0.717) is 22.6 Å². The van der Waals surface area contributed by atoms with Crippen molar-refractivity contribution in [2.45, 2.75) is 6.54 Å². The molecule has 96 valence electrons. The second-order valence-corrected chi connectivity index (χ2v) is 3.88. The number of methoxy groups -OCH3 is 1. The first-order valence-electron chi connectivity index (χ1n) is 5.40. The molecule has 0 atom stereocenters. The van der Waals surface area contributed by atoms with E-state index in [9.17, 15) is 9.18 Å². The molecule has 0 saturated carbocycles. The standard InChI is InChI=1S/C12H14FN3O2/c1-16-12(17)9(6-14)11(15-16)8-5-7(13)3-4-10(8)18-2/h3-5,15H,6,14H2,1-2H3. The Kier molecular flexibility index (Phi) is 3.20. The van der Waals surface area contributed by atoms with Gasteiger partial charge in [-0.3, -0.25) is 14.6 Å². The molecule has 0 fully saturated rings. The molecule has 0 aliphatic heterocycles. The van der Waals surface area contributed by atoms with E-state index in [1.54, 1.807) is 7.05 Å². The molecule has 3 N–H and O–H groups in total. The molecule has 0 spiro atoms. The Morgan fingerprint density at radius 1 is 1.50 bits per heavy atom. The number of ether oxygens (including phenoxy) is 1. The van der Waals surface area contributed by atoms with Gasteiger partial charge in [0, 0.05) is 19.2 Å². The maximum atomic E-state index is 13.3. The van der Waals surface area contributed by atoms with E-state index < -0.39 is 5.82 Å². The predicted molar refractivity (Wildman–Crippen MR) is 65.9 cm³/mol. The molecule has 0 aliphatic carbocycles. The molecular weight excluding hydrogens is 237 g/mol. The SMILES string of the molecule is COc1ccc(F)cc1-c1[nH]n(C)c(=O)c1CN. The summed E-state index contributed by atoms with van der Waals surface area (Å²) in [7, 11) is 3.07. The Morgan fingerprint density at radius 3 is 2.83 bits per heavy atom. The lowest BCUT2D eigenvalue weighted by Gasteiger charge is -2.08. The molecule has 0 saturated heterocycles. The van der Waals surface area contributed by atoms with Crippen LogP contribution in [0.2, 0.25) is 0 Å². The van der Waals surface area contributed by atoms with Crippen molar-refractivity contribution in [3.63, 3.8) is 0 Å². The van der Waals surface area contributed by atoms with Gasteiger partial charge in [0.15, 0.2) is 0 Å². The Bertz CT molecular complexity index is 631. The number of halogens is 1. The second-order valence-electron chi connectivity index (χ2n) is 3.88. The monoisotopic (exact) mass is 251 g/mol. The van der Waals surface area contributed by atoms with Gasteiger partial charge in [-0.2, -0.15) is 0 Å². The number of hydrogen-bond donors (Lipinski definition) is 2. The number of aromatic nitrogens is 2. The van der Waals surface area contributed by atoms with Gasteiger partial charge >= 0.3 is 0 Å². The highest BCUT2D eigenvalue weighted by molar-refractivity contribution is 5.69. The molecule has 0 unspecified atom stereocenters. The maximum absolute atomic E-state index is 13.3. The number of hydrogen-bond acceptors (Lipinski definition) is 3. The highest BCUT2D eigenvalue weighted by Crippen LogP contribution is 2.30. The number of nitrogens with zero attached hydrogens (tertiary/aromatic N) is 1. The van der Waals surface area contributed by atoms with E-state index in [4.69, 9.17) is 10.5 Å². The highest BCUT2D eigenvalue weighted by Gasteiger charge is 2.16. The van der Waals surface area contributed by atoms with Crippen LogP contribution in [0.4, 0.5) is 4.39 Å². The van der Waals surface area contributed by atoms with E-state index in [0.717, 1.165) is 0 Å². The molecule has 2 rings (SSSR count). The molecule has 18 heavy (non-hydrogen) atoms. The lowest BCUT2D eigenvalue weighted by atomic mass is 10.1. The Balaban J connectivity index is 2.72. The third kappa shape index (κ3) is 1.91. The summed E-state index contributed by atoms with van der Waals surface area (Å²) >= 11 is 0. The lowest BCUT2D eigenvalue weighted by molar-refractivity contribution is 0.415. The first-order valence-corrected chi connectivity index (χ1v) is 5.40. The van der Waals surface area contributed by atoms with Crippen molar-refractivity contribution in [1.29, 1.82) is 0 Å². The molecule has 1 heterocycles. The van der Waals surface area contributed by atoms with Crippen LogP contribution in [0, 0.1) is 5.82 Å². The van der Waals surface area contributed by atoms with E-state index in [1.165, 1.54) is 30.0 Å². The van der Waals surface area contributed by atoms with Crippen LogP contribution in [-0.2, 0) is 13.6 Å². The summed E-state index contributed by atoms with van der Waals surface area (Å²) in [5.41, 5.74) is 6.71. The number of nitrogens with two attached hydrogens (primary N) is 1. The van der Waals surface area contributed by atoms with Crippen molar-refractivity contribution in [2.24, 2.45) is 12.8 Å².